The molecule has 0 N–H and O–H groups in total. The fourth-order valence-corrected chi connectivity index (χ4v) is 3.42. The van der Waals surface area contributed by atoms with Crippen LogP contribution in [0.25, 0.3) is 11.7 Å². The van der Waals surface area contributed by atoms with Gasteiger partial charge in [0.1, 0.15) is 11.6 Å². The smallest absolute Gasteiger partial charge is 0.283 e. The van der Waals surface area contributed by atoms with Gasteiger partial charge in [0, 0.05) is 11.6 Å². The Labute approximate surface area is 145 Å². The van der Waals surface area contributed by atoms with Crippen LogP contribution >= 0.6 is 0 Å². The monoisotopic (exact) mass is 342 g/mol. The molecule has 0 saturated carbocycles. The molecule has 132 valence electrons. The van der Waals surface area contributed by atoms with Crippen LogP contribution in [-0.2, 0) is 13.1 Å². The molecule has 0 aromatic carbocycles. The molecular weight excluding hydrogens is 320 g/mol. The Kier molecular flexibility index (Phi) is 4.12. The normalized spacial score (nSPS) is 18.3. The van der Waals surface area contributed by atoms with Gasteiger partial charge in [-0.25, -0.2) is 9.67 Å². The molecule has 8 heteroatoms. The zero-order valence-electron chi connectivity index (χ0n) is 14.8. The van der Waals surface area contributed by atoms with E-state index in [0.717, 1.165) is 43.1 Å². The number of nitrogens with zero attached hydrogens (tertiary/aromatic N) is 6. The lowest BCUT2D eigenvalue weighted by atomic mass is 10.2. The van der Waals surface area contributed by atoms with Crippen molar-refractivity contribution >= 4 is 0 Å². The lowest BCUT2D eigenvalue weighted by Crippen LogP contribution is -2.33. The quantitative estimate of drug-likeness (QED) is 0.704. The van der Waals surface area contributed by atoms with Crippen molar-refractivity contribution in [3.63, 3.8) is 0 Å². The van der Waals surface area contributed by atoms with Crippen LogP contribution in [-0.4, -0.2) is 42.4 Å². The van der Waals surface area contributed by atoms with E-state index < -0.39 is 0 Å². The average molecular weight is 342 g/mol. The maximum atomic E-state index is 5.80. The summed E-state index contributed by atoms with van der Waals surface area (Å²) in [4.78, 5) is 6.76. The number of aromatic nitrogens is 5. The molecule has 0 spiro atoms. The van der Waals surface area contributed by atoms with Crippen LogP contribution < -0.4 is 0 Å². The second kappa shape index (κ2) is 6.44. The molecule has 0 unspecified atom stereocenters. The fraction of sp³-hybridized carbons (Fsp3) is 0.529. The van der Waals surface area contributed by atoms with Crippen LogP contribution in [0.4, 0.5) is 0 Å². The molecule has 8 nitrogen and oxygen atoms in total. The van der Waals surface area contributed by atoms with Gasteiger partial charge in [0.25, 0.3) is 5.89 Å². The highest BCUT2D eigenvalue weighted by atomic mass is 16.4. The minimum absolute atomic E-state index is 0.403. The Balaban J connectivity index is 1.46. The summed E-state index contributed by atoms with van der Waals surface area (Å²) in [6, 6.07) is 2.29. The van der Waals surface area contributed by atoms with Crippen molar-refractivity contribution in [2.45, 2.75) is 52.7 Å². The Morgan fingerprint density at radius 3 is 2.84 bits per heavy atom. The van der Waals surface area contributed by atoms with Crippen LogP contribution in [0.2, 0.25) is 0 Å². The first-order chi connectivity index (χ1) is 12.1. The molecule has 1 aliphatic rings. The van der Waals surface area contributed by atoms with E-state index in [4.69, 9.17) is 8.83 Å². The molecule has 1 aliphatic heterocycles. The molecule has 1 atom stereocenters. The van der Waals surface area contributed by atoms with Crippen molar-refractivity contribution in [2.24, 2.45) is 0 Å². The first kappa shape index (κ1) is 16.0. The highest BCUT2D eigenvalue weighted by Crippen LogP contribution is 2.25. The van der Waals surface area contributed by atoms with E-state index in [0.29, 0.717) is 30.1 Å². The largest absolute Gasteiger partial charge is 0.459 e. The van der Waals surface area contributed by atoms with Crippen molar-refractivity contribution in [3.8, 4) is 11.7 Å². The van der Waals surface area contributed by atoms with Gasteiger partial charge in [-0.05, 0) is 46.2 Å². The van der Waals surface area contributed by atoms with Gasteiger partial charge in [-0.3, -0.25) is 4.90 Å². The SMILES string of the molecule is Cc1nc(C)n(C[C@@H]2CCCN2Cc2nnc(-c3occc3C)o2)n1. The van der Waals surface area contributed by atoms with Crippen molar-refractivity contribution in [3.05, 3.63) is 35.4 Å². The Morgan fingerprint density at radius 2 is 2.12 bits per heavy atom. The first-order valence-electron chi connectivity index (χ1n) is 8.59. The number of hydrogen-bond donors (Lipinski definition) is 0. The summed E-state index contributed by atoms with van der Waals surface area (Å²) >= 11 is 0. The topological polar surface area (TPSA) is 86.0 Å². The second-order valence-electron chi connectivity index (χ2n) is 6.59. The summed E-state index contributed by atoms with van der Waals surface area (Å²) in [5.74, 6) is 3.47. The van der Waals surface area contributed by atoms with E-state index >= 15 is 0 Å². The minimum atomic E-state index is 0.403. The van der Waals surface area contributed by atoms with E-state index in [1.807, 2.05) is 31.5 Å². The van der Waals surface area contributed by atoms with Crippen LogP contribution in [0.1, 0.15) is 35.9 Å². The van der Waals surface area contributed by atoms with E-state index in [1.54, 1.807) is 6.26 Å². The molecule has 0 radical (unpaired) electrons. The predicted octanol–water partition coefficient (Wildman–Crippen LogP) is 2.51. The molecule has 0 bridgehead atoms. The van der Waals surface area contributed by atoms with Gasteiger partial charge in [-0.1, -0.05) is 0 Å². The fourth-order valence-electron chi connectivity index (χ4n) is 3.42. The Bertz CT molecular complexity index is 864. The summed E-state index contributed by atoms with van der Waals surface area (Å²) in [5, 5.41) is 12.8. The van der Waals surface area contributed by atoms with Gasteiger partial charge in [0.2, 0.25) is 5.89 Å². The zero-order valence-corrected chi connectivity index (χ0v) is 14.8. The van der Waals surface area contributed by atoms with Crippen LogP contribution in [0.3, 0.4) is 0 Å². The van der Waals surface area contributed by atoms with E-state index in [9.17, 15) is 0 Å². The van der Waals surface area contributed by atoms with Gasteiger partial charge >= 0.3 is 0 Å². The molecule has 4 heterocycles. The van der Waals surface area contributed by atoms with Crippen LogP contribution in [0, 0.1) is 20.8 Å². The molecule has 25 heavy (non-hydrogen) atoms. The molecule has 1 fully saturated rings. The number of likely N-dealkylation sites (tertiary alicyclic amines) is 1. The van der Waals surface area contributed by atoms with Gasteiger partial charge in [0.15, 0.2) is 5.76 Å². The lowest BCUT2D eigenvalue weighted by Gasteiger charge is -2.22. The van der Waals surface area contributed by atoms with Crippen molar-refractivity contribution in [1.82, 2.24) is 29.9 Å². The third kappa shape index (κ3) is 3.21. The highest BCUT2D eigenvalue weighted by molar-refractivity contribution is 5.49. The first-order valence-corrected chi connectivity index (χ1v) is 8.59. The highest BCUT2D eigenvalue weighted by Gasteiger charge is 2.27. The van der Waals surface area contributed by atoms with Gasteiger partial charge in [-0.2, -0.15) is 5.10 Å². The Hall–Kier alpha value is -2.48. The molecule has 0 aliphatic carbocycles. The number of furan rings is 1. The molecular formula is C17H22N6O2. The Morgan fingerprint density at radius 1 is 1.24 bits per heavy atom. The molecule has 3 aromatic heterocycles. The molecule has 3 aromatic rings. The van der Waals surface area contributed by atoms with E-state index in [1.165, 1.54) is 0 Å². The van der Waals surface area contributed by atoms with E-state index in [2.05, 4.69) is 25.2 Å². The average Bonchev–Trinajstić information content (AvgIpc) is 3.32. The summed E-state index contributed by atoms with van der Waals surface area (Å²) in [5.41, 5.74) is 0.992. The molecule has 1 saturated heterocycles. The maximum Gasteiger partial charge on any atom is 0.283 e. The minimum Gasteiger partial charge on any atom is -0.459 e. The van der Waals surface area contributed by atoms with E-state index in [-0.39, 0.29) is 0 Å². The van der Waals surface area contributed by atoms with Crippen LogP contribution in [0.15, 0.2) is 21.2 Å². The van der Waals surface area contributed by atoms with Gasteiger partial charge in [-0.15, -0.1) is 10.2 Å². The predicted molar refractivity (Wildman–Crippen MR) is 89.7 cm³/mol. The summed E-state index contributed by atoms with van der Waals surface area (Å²) in [6.45, 7) is 8.38. The third-order valence-electron chi connectivity index (χ3n) is 4.71. The van der Waals surface area contributed by atoms with Gasteiger partial charge < -0.3 is 8.83 Å². The third-order valence-corrected chi connectivity index (χ3v) is 4.71. The number of aryl methyl sites for hydroxylation is 3. The van der Waals surface area contributed by atoms with Crippen molar-refractivity contribution in [1.29, 1.82) is 0 Å². The summed E-state index contributed by atoms with van der Waals surface area (Å²) in [6.07, 6.45) is 3.93. The lowest BCUT2D eigenvalue weighted by molar-refractivity contribution is 0.199. The van der Waals surface area contributed by atoms with Crippen molar-refractivity contribution < 1.29 is 8.83 Å². The standard InChI is InChI=1S/C17H22N6O2/c1-11-6-8-24-16(11)17-20-19-15(25-17)10-22-7-4-5-14(22)9-23-13(3)18-12(2)21-23/h6,8,14H,4-5,7,9-10H2,1-3H3/t14-/m0/s1. The molecule has 4 rings (SSSR count). The van der Waals surface area contributed by atoms with Crippen molar-refractivity contribution in [2.75, 3.05) is 6.54 Å². The molecule has 0 amide bonds. The summed E-state index contributed by atoms with van der Waals surface area (Å²) < 4.78 is 13.2. The van der Waals surface area contributed by atoms with Gasteiger partial charge in [0.05, 0.1) is 19.4 Å². The zero-order chi connectivity index (χ0) is 17.4. The maximum absolute atomic E-state index is 5.80. The van der Waals surface area contributed by atoms with Crippen LogP contribution in [0.5, 0.6) is 0 Å². The number of hydrogen-bond acceptors (Lipinski definition) is 7. The summed E-state index contributed by atoms with van der Waals surface area (Å²) in [7, 11) is 0. The number of rotatable bonds is 5. The second-order valence-corrected chi connectivity index (χ2v) is 6.59.